The highest BCUT2D eigenvalue weighted by Crippen LogP contribution is 2.33. The van der Waals surface area contributed by atoms with Gasteiger partial charge in [-0.2, -0.15) is 0 Å². The van der Waals surface area contributed by atoms with Crippen molar-refractivity contribution in [2.45, 2.75) is 100 Å². The van der Waals surface area contributed by atoms with Crippen molar-refractivity contribution in [2.75, 3.05) is 34.0 Å². The van der Waals surface area contributed by atoms with Crippen LogP contribution in [0.5, 0.6) is 11.5 Å². The van der Waals surface area contributed by atoms with Crippen molar-refractivity contribution in [3.05, 3.63) is 131 Å². The molecule has 4 N–H and O–H groups in total. The predicted molar refractivity (Wildman–Crippen MR) is 212 cm³/mol. The van der Waals surface area contributed by atoms with Crippen LogP contribution in [0.15, 0.2) is 109 Å². The van der Waals surface area contributed by atoms with Crippen LogP contribution in [0.25, 0.3) is 0 Å². The third kappa shape index (κ3) is 11.5. The largest absolute Gasteiger partial charge is 0.497 e. The molecule has 324 valence electrons. The number of aliphatic hydroxyl groups is 4. The zero-order valence-electron chi connectivity index (χ0n) is 33.5. The lowest BCUT2D eigenvalue weighted by atomic mass is 10.1. The van der Waals surface area contributed by atoms with Crippen LogP contribution in [0.4, 0.5) is 0 Å². The summed E-state index contributed by atoms with van der Waals surface area (Å²) in [6, 6.07) is 34.0. The third-order valence-electron chi connectivity index (χ3n) is 10.6. The maximum atomic E-state index is 11.5. The Morgan fingerprint density at radius 3 is 1.35 bits per heavy atom. The Labute approximate surface area is 349 Å². The van der Waals surface area contributed by atoms with E-state index in [1.807, 2.05) is 109 Å². The molecule has 0 spiro atoms. The molecule has 60 heavy (non-hydrogen) atoms. The Hall–Kier alpha value is -4.04. The summed E-state index contributed by atoms with van der Waals surface area (Å²) in [7, 11) is 3.20. The van der Waals surface area contributed by atoms with Gasteiger partial charge in [-0.05, 0) is 46.5 Å². The minimum atomic E-state index is -1.63. The number of benzene rings is 4. The molecule has 12 atom stereocenters. The molecule has 4 aromatic carbocycles. The highest BCUT2D eigenvalue weighted by Gasteiger charge is 2.52. The fourth-order valence-electron chi connectivity index (χ4n) is 7.27. The summed E-state index contributed by atoms with van der Waals surface area (Å²) in [5.74, 6) is 1.45. The molecule has 0 unspecified atom stereocenters. The smallest absolute Gasteiger partial charge is 0.187 e. The molecule has 0 amide bonds. The zero-order chi connectivity index (χ0) is 41.8. The normalized spacial score (nSPS) is 30.2. The van der Waals surface area contributed by atoms with Crippen LogP contribution in [0.1, 0.15) is 22.3 Å². The molecule has 0 radical (unpaired) electrons. The minimum Gasteiger partial charge on any atom is -0.497 e. The van der Waals surface area contributed by atoms with Gasteiger partial charge in [0.25, 0.3) is 0 Å². The maximum absolute atomic E-state index is 11.5. The number of rotatable bonds is 21. The minimum absolute atomic E-state index is 0.0523. The first-order valence-corrected chi connectivity index (χ1v) is 20.0. The molecule has 3 saturated heterocycles. The molecule has 0 aromatic heterocycles. The molecule has 0 bridgehead atoms. The van der Waals surface area contributed by atoms with Crippen molar-refractivity contribution in [1.29, 1.82) is 0 Å². The van der Waals surface area contributed by atoms with Crippen LogP contribution in [0, 0.1) is 0 Å². The summed E-state index contributed by atoms with van der Waals surface area (Å²) < 4.78 is 65.1. The summed E-state index contributed by atoms with van der Waals surface area (Å²) in [6.45, 7) is 0.797. The van der Waals surface area contributed by atoms with Crippen molar-refractivity contribution in [1.82, 2.24) is 0 Å². The Morgan fingerprint density at radius 1 is 0.433 bits per heavy atom. The van der Waals surface area contributed by atoms with Gasteiger partial charge >= 0.3 is 0 Å². The van der Waals surface area contributed by atoms with Gasteiger partial charge in [-0.1, -0.05) is 84.9 Å². The van der Waals surface area contributed by atoms with Crippen molar-refractivity contribution in [3.63, 3.8) is 0 Å². The zero-order valence-corrected chi connectivity index (χ0v) is 33.5. The first-order valence-electron chi connectivity index (χ1n) is 20.0. The molecule has 7 rings (SSSR count). The highest BCUT2D eigenvalue weighted by molar-refractivity contribution is 5.27. The quantitative estimate of drug-likeness (QED) is 0.0960. The Balaban J connectivity index is 0.977. The van der Waals surface area contributed by atoms with Crippen molar-refractivity contribution >= 4 is 0 Å². The van der Waals surface area contributed by atoms with E-state index in [0.29, 0.717) is 0 Å². The first-order chi connectivity index (χ1) is 29.3. The van der Waals surface area contributed by atoms with Crippen molar-refractivity contribution in [2.24, 2.45) is 0 Å². The lowest BCUT2D eigenvalue weighted by Gasteiger charge is -2.27. The van der Waals surface area contributed by atoms with E-state index in [9.17, 15) is 20.4 Å². The van der Waals surface area contributed by atoms with Crippen LogP contribution in [-0.4, -0.2) is 128 Å². The van der Waals surface area contributed by atoms with E-state index in [4.69, 9.17) is 52.1 Å². The Bertz CT molecular complexity index is 1840. The van der Waals surface area contributed by atoms with E-state index < -0.39 is 73.8 Å². The number of aliphatic hydroxyl groups excluding tert-OH is 4. The van der Waals surface area contributed by atoms with E-state index in [1.54, 1.807) is 14.2 Å². The fraction of sp³-hybridized carbons (Fsp3) is 0.467. The summed E-state index contributed by atoms with van der Waals surface area (Å²) in [5.41, 5.74) is 3.62. The van der Waals surface area contributed by atoms with Gasteiger partial charge in [0.05, 0.1) is 60.5 Å². The second-order valence-corrected chi connectivity index (χ2v) is 14.8. The van der Waals surface area contributed by atoms with Gasteiger partial charge in [0, 0.05) is 0 Å². The third-order valence-corrected chi connectivity index (χ3v) is 10.6. The molecule has 15 nitrogen and oxygen atoms in total. The molecule has 3 heterocycles. The van der Waals surface area contributed by atoms with Gasteiger partial charge in [0.15, 0.2) is 18.9 Å². The van der Waals surface area contributed by atoms with Crippen LogP contribution in [0.2, 0.25) is 0 Å². The number of hydrogen-bond acceptors (Lipinski definition) is 15. The lowest BCUT2D eigenvalue weighted by Crippen LogP contribution is -2.44. The average molecular weight is 835 g/mol. The van der Waals surface area contributed by atoms with E-state index >= 15 is 0 Å². The van der Waals surface area contributed by atoms with Crippen LogP contribution in [0.3, 0.4) is 0 Å². The second-order valence-electron chi connectivity index (χ2n) is 14.8. The highest BCUT2D eigenvalue weighted by atomic mass is 16.8. The van der Waals surface area contributed by atoms with Gasteiger partial charge in [0.2, 0.25) is 0 Å². The summed E-state index contributed by atoms with van der Waals surface area (Å²) >= 11 is 0. The average Bonchev–Trinajstić information content (AvgIpc) is 3.86. The first kappa shape index (κ1) is 44.0. The number of ether oxygens (including phenoxy) is 11. The van der Waals surface area contributed by atoms with Crippen LogP contribution in [-0.2, 0) is 69.1 Å². The molecule has 4 aromatic rings. The van der Waals surface area contributed by atoms with Crippen molar-refractivity contribution in [3.8, 4) is 11.5 Å². The van der Waals surface area contributed by atoms with E-state index in [1.165, 1.54) is 0 Å². The standard InChI is InChI=1S/C45H54O15/c1-50-32-17-13-30(14-18-32)21-52-25-34-40(54-23-28-9-5-3-6-10-28)38(47)44(58-34)56-27-36-42(37(46)43(49)57-36)60-45-39(48)41(55-24-29-11-7-4-8-12-29)35(59-45)26-53-22-31-15-19-33(51-2)20-16-31/h3-20,34-49H,21-27H2,1-2H3/t34-,35-,36-,37+,38+,39+,40-,41-,42-,43+,44+,45-/m1/s1. The topological polar surface area (TPSA) is 182 Å². The van der Waals surface area contributed by atoms with Gasteiger partial charge in [0.1, 0.15) is 66.4 Å². The molecule has 0 saturated carbocycles. The Morgan fingerprint density at radius 2 is 0.867 bits per heavy atom. The molecule has 15 heteroatoms. The predicted octanol–water partition coefficient (Wildman–Crippen LogP) is 3.26. The van der Waals surface area contributed by atoms with Gasteiger partial charge in [-0.3, -0.25) is 0 Å². The molecule has 3 aliphatic rings. The summed E-state index contributed by atoms with van der Waals surface area (Å²) in [6.07, 6.45) is -13.6. The van der Waals surface area contributed by atoms with Crippen molar-refractivity contribution < 1.29 is 72.5 Å². The van der Waals surface area contributed by atoms with Gasteiger partial charge in [-0.15, -0.1) is 0 Å². The lowest BCUT2D eigenvalue weighted by molar-refractivity contribution is -0.228. The number of methoxy groups -OCH3 is 2. The van der Waals surface area contributed by atoms with E-state index in [0.717, 1.165) is 33.8 Å². The monoisotopic (exact) mass is 834 g/mol. The fourth-order valence-corrected chi connectivity index (χ4v) is 7.27. The van der Waals surface area contributed by atoms with Crippen LogP contribution < -0.4 is 9.47 Å². The SMILES string of the molecule is COc1ccc(COC[C@H]2O[C@H](OC[C@H]3O[C@H](O)[C@@H](O)[C@@H]3O[C@H]3O[C@H](COCc4ccc(OC)cc4)[C@@H](OCc4ccccc4)[C@@H]3O)[C@@H](O)[C@@H]2OCc2ccccc2)cc1. The van der Waals surface area contributed by atoms with Crippen LogP contribution >= 0.6 is 0 Å². The van der Waals surface area contributed by atoms with Gasteiger partial charge < -0.3 is 72.5 Å². The summed E-state index contributed by atoms with van der Waals surface area (Å²) in [5, 5.41) is 44.6. The summed E-state index contributed by atoms with van der Waals surface area (Å²) in [4.78, 5) is 0. The molecular weight excluding hydrogens is 780 g/mol. The molecule has 3 fully saturated rings. The number of hydrogen-bond donors (Lipinski definition) is 4. The van der Waals surface area contributed by atoms with E-state index in [-0.39, 0.29) is 46.2 Å². The molecular formula is C45H54O15. The molecule has 0 aliphatic carbocycles. The van der Waals surface area contributed by atoms with E-state index in [2.05, 4.69) is 0 Å². The van der Waals surface area contributed by atoms with Gasteiger partial charge in [-0.25, -0.2) is 0 Å². The molecule has 3 aliphatic heterocycles. The maximum Gasteiger partial charge on any atom is 0.187 e. The Kier molecular flexibility index (Phi) is 15.9. The second kappa shape index (κ2) is 21.7.